The molecule has 3 N–H and O–H groups in total. The molecule has 3 heterocycles. The second-order valence-corrected chi connectivity index (χ2v) is 14.5. The van der Waals surface area contributed by atoms with E-state index in [0.717, 1.165) is 59.3 Å². The number of anilines is 2. The molecule has 1 aromatic heterocycles. The highest BCUT2D eigenvalue weighted by Gasteiger charge is 2.36. The van der Waals surface area contributed by atoms with E-state index in [-0.39, 0.29) is 48.6 Å². The lowest BCUT2D eigenvalue weighted by Crippen LogP contribution is -2.41. The van der Waals surface area contributed by atoms with Crippen molar-refractivity contribution in [1.29, 1.82) is 0 Å². The number of carbonyl (C=O) groups excluding carboxylic acids is 4. The average molecular weight is 769 g/mol. The standard InChI is InChI=1S/C45H48N6O6/c1-56-42(32-11-5-3-6-12-32)44(54)50-25-9-15-36(50)27-40(52)46-34-21-17-30(18-22-34)38-29-39(49-48-38)31-19-23-35(24-20-31)47-41(53)28-37-16-10-26-51(37)45(55)43(57-2)33-13-7-4-8-14-33/h3-8,11-14,17-24,29,36-37,42-43H,9-10,15-16,25-28H2,1-2H3,(H,46,52)(H,47,53)(H,48,49)/t36-,37-,42-,43-/m0/s1. The normalized spacial score (nSPS) is 17.6. The Kier molecular flexibility index (Phi) is 12.5. The van der Waals surface area contributed by atoms with E-state index < -0.39 is 12.2 Å². The van der Waals surface area contributed by atoms with E-state index >= 15 is 0 Å². The van der Waals surface area contributed by atoms with E-state index in [9.17, 15) is 19.2 Å². The third-order valence-electron chi connectivity index (χ3n) is 10.8. The summed E-state index contributed by atoms with van der Waals surface area (Å²) in [7, 11) is 3.07. The minimum Gasteiger partial charge on any atom is -0.367 e. The van der Waals surface area contributed by atoms with Crippen LogP contribution < -0.4 is 10.6 Å². The molecule has 0 spiro atoms. The summed E-state index contributed by atoms with van der Waals surface area (Å²) in [6.45, 7) is 1.20. The van der Waals surface area contributed by atoms with Gasteiger partial charge in [-0.15, -0.1) is 0 Å². The second kappa shape index (κ2) is 18.2. The van der Waals surface area contributed by atoms with Crippen LogP contribution in [0, 0.1) is 0 Å². The van der Waals surface area contributed by atoms with Gasteiger partial charge in [0, 0.05) is 69.2 Å². The molecule has 0 saturated carbocycles. The molecule has 294 valence electrons. The van der Waals surface area contributed by atoms with Gasteiger partial charge in [0.2, 0.25) is 11.8 Å². The van der Waals surface area contributed by atoms with Crippen LogP contribution in [0.25, 0.3) is 22.5 Å². The Labute approximate surface area is 332 Å². The lowest BCUT2D eigenvalue weighted by molar-refractivity contribution is -0.144. The number of hydrogen-bond acceptors (Lipinski definition) is 7. The number of hydrogen-bond donors (Lipinski definition) is 3. The first-order chi connectivity index (χ1) is 27.8. The van der Waals surface area contributed by atoms with E-state index in [4.69, 9.17) is 9.47 Å². The van der Waals surface area contributed by atoms with Gasteiger partial charge in [-0.2, -0.15) is 5.10 Å². The number of ether oxygens (including phenoxy) is 2. The van der Waals surface area contributed by atoms with Crippen molar-refractivity contribution in [3.8, 4) is 22.5 Å². The predicted octanol–water partition coefficient (Wildman–Crippen LogP) is 7.16. The summed E-state index contributed by atoms with van der Waals surface area (Å²) in [5.74, 6) is -0.554. The van der Waals surface area contributed by atoms with Crippen LogP contribution in [0.4, 0.5) is 11.4 Å². The Morgan fingerprint density at radius 2 is 1.09 bits per heavy atom. The molecule has 12 nitrogen and oxygen atoms in total. The Morgan fingerprint density at radius 1 is 0.649 bits per heavy atom. The Bertz CT molecular complexity index is 1990. The van der Waals surface area contributed by atoms with Gasteiger partial charge in [-0.1, -0.05) is 84.9 Å². The summed E-state index contributed by atoms with van der Waals surface area (Å²) in [5, 5.41) is 13.6. The van der Waals surface area contributed by atoms with Crippen molar-refractivity contribution in [2.75, 3.05) is 37.9 Å². The van der Waals surface area contributed by atoms with Crippen LogP contribution in [0.3, 0.4) is 0 Å². The van der Waals surface area contributed by atoms with Crippen LogP contribution >= 0.6 is 0 Å². The third-order valence-corrected chi connectivity index (χ3v) is 10.8. The molecule has 2 aliphatic rings. The summed E-state index contributed by atoms with van der Waals surface area (Å²) in [4.78, 5) is 56.6. The minimum atomic E-state index is -0.702. The maximum atomic E-state index is 13.4. The molecule has 0 bridgehead atoms. The van der Waals surface area contributed by atoms with Gasteiger partial charge in [0.1, 0.15) is 0 Å². The number of benzene rings is 4. The van der Waals surface area contributed by atoms with E-state index in [0.29, 0.717) is 24.5 Å². The topological polar surface area (TPSA) is 146 Å². The maximum Gasteiger partial charge on any atom is 0.256 e. The predicted molar refractivity (Wildman–Crippen MR) is 218 cm³/mol. The van der Waals surface area contributed by atoms with Crippen LogP contribution in [-0.2, 0) is 28.7 Å². The molecule has 0 unspecified atom stereocenters. The van der Waals surface area contributed by atoms with Crippen LogP contribution in [0.15, 0.2) is 115 Å². The van der Waals surface area contributed by atoms with E-state index in [1.165, 1.54) is 14.2 Å². The second-order valence-electron chi connectivity index (χ2n) is 14.5. The molecule has 4 atom stereocenters. The first kappa shape index (κ1) is 39.1. The fourth-order valence-corrected chi connectivity index (χ4v) is 7.92. The molecule has 7 rings (SSSR count). The van der Waals surface area contributed by atoms with Gasteiger partial charge < -0.3 is 29.9 Å². The fourth-order valence-electron chi connectivity index (χ4n) is 7.92. The number of likely N-dealkylation sites (tertiary alicyclic amines) is 2. The number of H-pyrrole nitrogens is 1. The Balaban J connectivity index is 0.900. The summed E-state index contributed by atoms with van der Waals surface area (Å²) < 4.78 is 11.1. The number of nitrogens with one attached hydrogen (secondary N) is 3. The molecule has 4 aromatic carbocycles. The van der Waals surface area contributed by atoms with Crippen molar-refractivity contribution in [2.45, 2.75) is 62.8 Å². The zero-order valence-corrected chi connectivity index (χ0v) is 32.2. The minimum absolute atomic E-state index is 0.122. The number of methoxy groups -OCH3 is 2. The lowest BCUT2D eigenvalue weighted by Gasteiger charge is -2.28. The molecule has 2 fully saturated rings. The highest BCUT2D eigenvalue weighted by atomic mass is 16.5. The van der Waals surface area contributed by atoms with Gasteiger partial charge in [-0.05, 0) is 72.7 Å². The Morgan fingerprint density at radius 3 is 1.53 bits per heavy atom. The summed E-state index contributed by atoms with van der Waals surface area (Å²) in [6, 6.07) is 35.4. The molecular weight excluding hydrogens is 721 g/mol. The van der Waals surface area contributed by atoms with E-state index in [1.54, 1.807) is 9.80 Å². The molecule has 2 saturated heterocycles. The maximum absolute atomic E-state index is 13.4. The van der Waals surface area contributed by atoms with Gasteiger partial charge in [-0.25, -0.2) is 0 Å². The van der Waals surface area contributed by atoms with Crippen LogP contribution in [0.2, 0.25) is 0 Å². The largest absolute Gasteiger partial charge is 0.367 e. The smallest absolute Gasteiger partial charge is 0.256 e. The highest BCUT2D eigenvalue weighted by Crippen LogP contribution is 2.30. The number of nitrogens with zero attached hydrogens (tertiary/aromatic N) is 3. The first-order valence-electron chi connectivity index (χ1n) is 19.4. The zero-order chi connectivity index (χ0) is 39.7. The monoisotopic (exact) mass is 768 g/mol. The molecular formula is C45H48N6O6. The molecule has 2 aliphatic heterocycles. The van der Waals surface area contributed by atoms with Gasteiger partial charge in [-0.3, -0.25) is 24.3 Å². The van der Waals surface area contributed by atoms with Gasteiger partial charge in [0.05, 0.1) is 11.4 Å². The highest BCUT2D eigenvalue weighted by molar-refractivity contribution is 5.93. The molecule has 12 heteroatoms. The number of amides is 4. The van der Waals surface area contributed by atoms with Crippen LogP contribution in [0.5, 0.6) is 0 Å². The van der Waals surface area contributed by atoms with Crippen molar-refractivity contribution >= 4 is 35.0 Å². The Hall–Kier alpha value is -6.11. The molecule has 5 aromatic rings. The quantitative estimate of drug-likeness (QED) is 0.109. The summed E-state index contributed by atoms with van der Waals surface area (Å²) >= 11 is 0. The summed E-state index contributed by atoms with van der Waals surface area (Å²) in [6.07, 6.45) is 2.20. The van der Waals surface area contributed by atoms with Gasteiger partial charge in [0.15, 0.2) is 12.2 Å². The van der Waals surface area contributed by atoms with Crippen molar-refractivity contribution in [2.24, 2.45) is 0 Å². The van der Waals surface area contributed by atoms with Crippen LogP contribution in [0.1, 0.15) is 61.9 Å². The third kappa shape index (κ3) is 9.31. The van der Waals surface area contributed by atoms with Gasteiger partial charge >= 0.3 is 0 Å². The SMILES string of the molecule is CO[C@H](C(=O)N1CCC[C@H]1CC(=O)Nc1ccc(-c2cc(-c3ccc(NC(=O)C[C@@H]4CCCN4C(=O)[C@@H](OC)c4ccccc4)cc3)[nH]n2)cc1)c1ccccc1. The average Bonchev–Trinajstić information content (AvgIpc) is 4.02. The van der Waals surface area contributed by atoms with Crippen molar-refractivity contribution in [1.82, 2.24) is 20.0 Å². The lowest BCUT2D eigenvalue weighted by atomic mass is 10.1. The van der Waals surface area contributed by atoms with Crippen LogP contribution in [-0.4, -0.2) is 83.0 Å². The number of aromatic amines is 1. The number of rotatable bonds is 14. The molecule has 0 aliphatic carbocycles. The molecule has 0 radical (unpaired) electrons. The van der Waals surface area contributed by atoms with E-state index in [2.05, 4.69) is 20.8 Å². The van der Waals surface area contributed by atoms with Crippen molar-refractivity contribution < 1.29 is 28.7 Å². The molecule has 57 heavy (non-hydrogen) atoms. The summed E-state index contributed by atoms with van der Waals surface area (Å²) in [5.41, 5.74) is 6.23. The zero-order valence-electron chi connectivity index (χ0n) is 32.2. The van der Waals surface area contributed by atoms with Crippen molar-refractivity contribution in [3.63, 3.8) is 0 Å². The van der Waals surface area contributed by atoms with E-state index in [1.807, 2.05) is 115 Å². The van der Waals surface area contributed by atoms with Crippen molar-refractivity contribution in [3.05, 3.63) is 126 Å². The van der Waals surface area contributed by atoms with Gasteiger partial charge in [0.25, 0.3) is 11.8 Å². The fraction of sp³-hybridized carbons (Fsp3) is 0.311. The number of carbonyl (C=O) groups is 4. The number of aromatic nitrogens is 2. The first-order valence-corrected chi connectivity index (χ1v) is 19.4. The molecule has 4 amide bonds.